The zero-order valence-electron chi connectivity index (χ0n) is 10.7. The van der Waals surface area contributed by atoms with E-state index in [0.29, 0.717) is 5.75 Å². The van der Waals surface area contributed by atoms with Gasteiger partial charge in [-0.05, 0) is 26.1 Å². The Kier molecular flexibility index (Phi) is 6.40. The summed E-state index contributed by atoms with van der Waals surface area (Å²) in [6.45, 7) is 4.65. The van der Waals surface area contributed by atoms with Crippen molar-refractivity contribution < 1.29 is 4.79 Å². The number of nitrogens with one attached hydrogen (secondary N) is 1. The summed E-state index contributed by atoms with van der Waals surface area (Å²) in [6.07, 6.45) is 2.92. The van der Waals surface area contributed by atoms with E-state index in [1.54, 1.807) is 11.8 Å². The molecular weight excluding hydrogens is 288 g/mol. The Morgan fingerprint density at radius 2 is 2.17 bits per heavy atom. The molecule has 1 heterocycles. The van der Waals surface area contributed by atoms with Crippen LogP contribution in [0.1, 0.15) is 20.3 Å². The second-order valence-corrected chi connectivity index (χ2v) is 7.20. The quantitative estimate of drug-likeness (QED) is 0.710. The Hall–Kier alpha value is -0.310. The minimum atomic E-state index is -0.703. The molecule has 0 spiro atoms. The largest absolute Gasteiger partial charge is 0.368 e. The summed E-state index contributed by atoms with van der Waals surface area (Å²) in [5.41, 5.74) is 4.75. The number of nitrogens with two attached hydrogens (primary N) is 1. The number of carbonyl (C=O) groups is 1. The fourth-order valence-corrected chi connectivity index (χ4v) is 3.72. The number of carbonyl (C=O) groups excluding carboxylic acids is 1. The van der Waals surface area contributed by atoms with Crippen molar-refractivity contribution in [3.63, 3.8) is 0 Å². The molecule has 18 heavy (non-hydrogen) atoms. The van der Waals surface area contributed by atoms with Crippen molar-refractivity contribution in [2.45, 2.75) is 34.5 Å². The normalized spacial score (nSPS) is 14.4. The number of hydrogen-bond acceptors (Lipinski definition) is 7. The van der Waals surface area contributed by atoms with Gasteiger partial charge in [-0.25, -0.2) is 0 Å². The number of rotatable bonds is 8. The predicted octanol–water partition coefficient (Wildman–Crippen LogP) is 1.60. The van der Waals surface area contributed by atoms with E-state index >= 15 is 0 Å². The Balaban J connectivity index is 2.58. The van der Waals surface area contributed by atoms with Gasteiger partial charge in [-0.3, -0.25) is 4.79 Å². The number of aromatic nitrogens is 2. The van der Waals surface area contributed by atoms with Crippen LogP contribution in [0.4, 0.5) is 0 Å². The monoisotopic (exact) mass is 306 g/mol. The number of thioether (sulfide) groups is 2. The summed E-state index contributed by atoms with van der Waals surface area (Å²) in [6, 6.07) is 0. The van der Waals surface area contributed by atoms with Crippen molar-refractivity contribution >= 4 is 40.8 Å². The van der Waals surface area contributed by atoms with Crippen LogP contribution in [0, 0.1) is 0 Å². The summed E-state index contributed by atoms with van der Waals surface area (Å²) in [5.74, 6) is 0.226. The fraction of sp³-hybridized carbons (Fsp3) is 0.700. The van der Waals surface area contributed by atoms with E-state index in [2.05, 4.69) is 22.4 Å². The first-order chi connectivity index (χ1) is 8.51. The van der Waals surface area contributed by atoms with Crippen molar-refractivity contribution in [3.8, 4) is 0 Å². The molecule has 1 unspecified atom stereocenters. The zero-order valence-corrected chi connectivity index (χ0v) is 13.2. The summed E-state index contributed by atoms with van der Waals surface area (Å²) >= 11 is 4.61. The molecule has 0 saturated carbocycles. The number of nitrogens with zero attached hydrogens (tertiary/aromatic N) is 2. The molecule has 1 rings (SSSR count). The number of hydrogen-bond donors (Lipinski definition) is 2. The lowest BCUT2D eigenvalue weighted by Gasteiger charge is -2.26. The zero-order chi connectivity index (χ0) is 13.6. The summed E-state index contributed by atoms with van der Waals surface area (Å²) < 4.78 is 1.80. The third-order valence-electron chi connectivity index (χ3n) is 2.36. The highest BCUT2D eigenvalue weighted by atomic mass is 32.2. The first-order valence-corrected chi connectivity index (χ1v) is 8.59. The maximum Gasteiger partial charge on any atom is 0.238 e. The molecule has 1 aromatic rings. The van der Waals surface area contributed by atoms with Gasteiger partial charge in [-0.1, -0.05) is 41.8 Å². The van der Waals surface area contributed by atoms with Crippen LogP contribution in [-0.4, -0.2) is 40.2 Å². The van der Waals surface area contributed by atoms with Crippen LogP contribution in [0.3, 0.4) is 0 Å². The molecule has 102 valence electrons. The second kappa shape index (κ2) is 7.32. The maximum atomic E-state index is 11.5. The molecule has 0 aliphatic carbocycles. The van der Waals surface area contributed by atoms with E-state index in [1.165, 1.54) is 23.1 Å². The van der Waals surface area contributed by atoms with E-state index in [1.807, 2.05) is 13.2 Å². The van der Waals surface area contributed by atoms with E-state index in [9.17, 15) is 4.79 Å². The van der Waals surface area contributed by atoms with Gasteiger partial charge in [0.15, 0.2) is 8.68 Å². The van der Waals surface area contributed by atoms with Crippen molar-refractivity contribution in [3.05, 3.63) is 0 Å². The summed E-state index contributed by atoms with van der Waals surface area (Å²) in [7, 11) is 0. The van der Waals surface area contributed by atoms with Gasteiger partial charge < -0.3 is 11.1 Å². The van der Waals surface area contributed by atoms with E-state index < -0.39 is 5.54 Å². The molecule has 1 aromatic heterocycles. The van der Waals surface area contributed by atoms with Gasteiger partial charge in [-0.15, -0.1) is 10.2 Å². The highest BCUT2D eigenvalue weighted by Crippen LogP contribution is 2.29. The Morgan fingerprint density at radius 3 is 2.67 bits per heavy atom. The first kappa shape index (κ1) is 15.7. The third kappa shape index (κ3) is 4.42. The maximum absolute atomic E-state index is 11.5. The average molecular weight is 306 g/mol. The predicted molar refractivity (Wildman–Crippen MR) is 78.3 cm³/mol. The molecule has 0 aliphatic rings. The highest BCUT2D eigenvalue weighted by molar-refractivity contribution is 8.03. The Labute approximate surface area is 120 Å². The van der Waals surface area contributed by atoms with Gasteiger partial charge in [0.25, 0.3) is 0 Å². The van der Waals surface area contributed by atoms with E-state index in [0.717, 1.165) is 21.6 Å². The van der Waals surface area contributed by atoms with Crippen LogP contribution in [0.15, 0.2) is 8.68 Å². The first-order valence-electron chi connectivity index (χ1n) is 5.57. The molecule has 1 atom stereocenters. The highest BCUT2D eigenvalue weighted by Gasteiger charge is 2.30. The molecule has 0 saturated heterocycles. The lowest BCUT2D eigenvalue weighted by molar-refractivity contribution is -0.122. The van der Waals surface area contributed by atoms with Gasteiger partial charge in [0, 0.05) is 5.75 Å². The topological polar surface area (TPSA) is 80.9 Å². The number of primary amides is 1. The lowest BCUT2D eigenvalue weighted by atomic mass is 10.1. The number of amides is 1. The fourth-order valence-electron chi connectivity index (χ4n) is 1.15. The standard InChI is InChI=1S/C10H18N4OS3/c1-4-5-12-10(2,7(11)15)6-17-9-14-13-8(16-3)18-9/h12H,4-6H2,1-3H3,(H2,11,15). The van der Waals surface area contributed by atoms with Crippen LogP contribution in [0.25, 0.3) is 0 Å². The SMILES string of the molecule is CCCNC(C)(CSc1nnc(SC)s1)C(N)=O. The molecular formula is C10H18N4OS3. The molecule has 0 bridgehead atoms. The van der Waals surface area contributed by atoms with Crippen LogP contribution in [0.2, 0.25) is 0 Å². The summed E-state index contributed by atoms with van der Waals surface area (Å²) in [5, 5.41) is 11.3. The van der Waals surface area contributed by atoms with E-state index in [-0.39, 0.29) is 5.91 Å². The average Bonchev–Trinajstić information content (AvgIpc) is 2.81. The van der Waals surface area contributed by atoms with Gasteiger partial charge in [0.1, 0.15) is 5.54 Å². The molecule has 0 aliphatic heterocycles. The Morgan fingerprint density at radius 1 is 1.50 bits per heavy atom. The molecule has 5 nitrogen and oxygen atoms in total. The van der Waals surface area contributed by atoms with Crippen molar-refractivity contribution in [1.29, 1.82) is 0 Å². The third-order valence-corrected chi connectivity index (χ3v) is 5.70. The molecule has 8 heteroatoms. The van der Waals surface area contributed by atoms with Crippen LogP contribution >= 0.6 is 34.9 Å². The van der Waals surface area contributed by atoms with Crippen molar-refractivity contribution in [1.82, 2.24) is 15.5 Å². The van der Waals surface area contributed by atoms with Crippen LogP contribution < -0.4 is 11.1 Å². The molecule has 1 amide bonds. The molecule has 0 fully saturated rings. The molecule has 0 radical (unpaired) electrons. The minimum Gasteiger partial charge on any atom is -0.368 e. The van der Waals surface area contributed by atoms with Crippen LogP contribution in [-0.2, 0) is 4.79 Å². The van der Waals surface area contributed by atoms with Gasteiger partial charge >= 0.3 is 0 Å². The Bertz CT molecular complexity index is 398. The van der Waals surface area contributed by atoms with E-state index in [4.69, 9.17) is 5.73 Å². The van der Waals surface area contributed by atoms with Gasteiger partial charge in [0.05, 0.1) is 0 Å². The van der Waals surface area contributed by atoms with Gasteiger partial charge in [-0.2, -0.15) is 0 Å². The molecule has 0 aromatic carbocycles. The minimum absolute atomic E-state index is 0.335. The second-order valence-electron chi connectivity index (χ2n) is 3.95. The van der Waals surface area contributed by atoms with Gasteiger partial charge in [0.2, 0.25) is 5.91 Å². The summed E-state index contributed by atoms with van der Waals surface area (Å²) in [4.78, 5) is 11.5. The van der Waals surface area contributed by atoms with Crippen LogP contribution in [0.5, 0.6) is 0 Å². The van der Waals surface area contributed by atoms with Crippen molar-refractivity contribution in [2.24, 2.45) is 5.73 Å². The van der Waals surface area contributed by atoms with Crippen molar-refractivity contribution in [2.75, 3.05) is 18.6 Å². The smallest absolute Gasteiger partial charge is 0.238 e. The lowest BCUT2D eigenvalue weighted by Crippen LogP contribution is -2.55. The molecule has 3 N–H and O–H groups in total.